The molecule has 2 N–H and O–H groups in total. The lowest BCUT2D eigenvalue weighted by molar-refractivity contribution is -0.137. The zero-order valence-electron chi connectivity index (χ0n) is 23.5. The van der Waals surface area contributed by atoms with Crippen LogP contribution in [0.3, 0.4) is 0 Å². The van der Waals surface area contributed by atoms with Crippen molar-refractivity contribution < 1.29 is 19.4 Å². The number of carboxylic acids is 1. The number of hydrogen-bond donors (Lipinski definition) is 2. The Morgan fingerprint density at radius 1 is 0.897 bits per heavy atom. The Kier molecular flexibility index (Phi) is 11.9. The maximum absolute atomic E-state index is 13.2. The number of ether oxygens (including phenoxy) is 1. The van der Waals surface area contributed by atoms with Crippen LogP contribution >= 0.6 is 0 Å². The molecular weight excluding hydrogens is 488 g/mol. The minimum absolute atomic E-state index is 0.0414. The average molecular weight is 531 g/mol. The molecule has 3 rings (SSSR count). The molecule has 0 bridgehead atoms. The molecule has 1 amide bonds. The fraction of sp³-hybridized carbons (Fsp3) is 0.394. The molecule has 0 saturated carbocycles. The van der Waals surface area contributed by atoms with Gasteiger partial charge in [-0.1, -0.05) is 69.5 Å². The maximum Gasteiger partial charge on any atom is 0.303 e. The molecule has 3 aromatic carbocycles. The van der Waals surface area contributed by atoms with Crippen molar-refractivity contribution in [2.24, 2.45) is 0 Å². The smallest absolute Gasteiger partial charge is 0.303 e. The van der Waals surface area contributed by atoms with Crippen LogP contribution in [0.1, 0.15) is 79.4 Å². The van der Waals surface area contributed by atoms with Gasteiger partial charge in [-0.15, -0.1) is 0 Å². The van der Waals surface area contributed by atoms with Gasteiger partial charge in [-0.2, -0.15) is 0 Å². The van der Waals surface area contributed by atoms with Crippen molar-refractivity contribution in [1.29, 1.82) is 0 Å². The van der Waals surface area contributed by atoms with E-state index >= 15 is 0 Å². The summed E-state index contributed by atoms with van der Waals surface area (Å²) in [5.74, 6) is -0.532. The number of anilines is 2. The monoisotopic (exact) mass is 530 g/mol. The number of nitrogens with zero attached hydrogens (tertiary/aromatic N) is 1. The van der Waals surface area contributed by atoms with Gasteiger partial charge in [0.25, 0.3) is 5.91 Å². The fourth-order valence-electron chi connectivity index (χ4n) is 4.56. The lowest BCUT2D eigenvalue weighted by Gasteiger charge is -2.26. The Labute approximate surface area is 233 Å². The first-order valence-electron chi connectivity index (χ1n) is 14.1. The van der Waals surface area contributed by atoms with Crippen molar-refractivity contribution in [3.63, 3.8) is 0 Å². The van der Waals surface area contributed by atoms with Gasteiger partial charge in [0.1, 0.15) is 5.75 Å². The van der Waals surface area contributed by atoms with Gasteiger partial charge >= 0.3 is 5.97 Å². The van der Waals surface area contributed by atoms with Crippen molar-refractivity contribution >= 4 is 23.3 Å². The summed E-state index contributed by atoms with van der Waals surface area (Å²) in [4.78, 5) is 26.4. The number of carboxylic acid groups (broad SMARTS) is 1. The van der Waals surface area contributed by atoms with E-state index in [1.165, 1.54) is 24.0 Å². The third-order valence-electron chi connectivity index (χ3n) is 6.71. The number of hydrogen-bond acceptors (Lipinski definition) is 4. The van der Waals surface area contributed by atoms with E-state index < -0.39 is 5.97 Å². The van der Waals surface area contributed by atoms with Gasteiger partial charge in [-0.25, -0.2) is 0 Å². The summed E-state index contributed by atoms with van der Waals surface area (Å²) >= 11 is 0. The van der Waals surface area contributed by atoms with Crippen molar-refractivity contribution in [3.8, 4) is 5.75 Å². The van der Waals surface area contributed by atoms with E-state index in [1.807, 2.05) is 31.2 Å². The van der Waals surface area contributed by atoms with E-state index in [0.717, 1.165) is 43.6 Å². The van der Waals surface area contributed by atoms with E-state index in [1.54, 1.807) is 12.1 Å². The second-order valence-corrected chi connectivity index (χ2v) is 9.99. The standard InChI is InChI=1S/C33H42N2O4/c1-4-6-9-21-35(24-27-17-15-26(11-5-2)16-18-27)28-19-20-29(25(3)23-28)33(38)34-30-12-7-8-13-31(30)39-22-10-14-32(36)37/h7-8,12-13,15-20,23H,4-6,9-11,14,21-22,24H2,1-3H3,(H,34,38)(H,36,37). The molecular formula is C33H42N2O4. The molecule has 208 valence electrons. The van der Waals surface area contributed by atoms with E-state index in [9.17, 15) is 9.59 Å². The van der Waals surface area contributed by atoms with Crippen LogP contribution in [-0.2, 0) is 17.8 Å². The molecule has 0 unspecified atom stereocenters. The van der Waals surface area contributed by atoms with E-state index in [0.29, 0.717) is 23.4 Å². The summed E-state index contributed by atoms with van der Waals surface area (Å²) in [7, 11) is 0. The predicted octanol–water partition coefficient (Wildman–Crippen LogP) is 7.64. The molecule has 0 saturated heterocycles. The molecule has 0 aromatic heterocycles. The van der Waals surface area contributed by atoms with Crippen LogP contribution in [0.25, 0.3) is 0 Å². The van der Waals surface area contributed by atoms with Gasteiger partial charge in [0.15, 0.2) is 0 Å². The third-order valence-corrected chi connectivity index (χ3v) is 6.71. The molecule has 0 aliphatic heterocycles. The number of carbonyl (C=O) groups is 2. The highest BCUT2D eigenvalue weighted by Crippen LogP contribution is 2.27. The summed E-state index contributed by atoms with van der Waals surface area (Å²) < 4.78 is 5.74. The van der Waals surface area contributed by atoms with Crippen molar-refractivity contribution in [1.82, 2.24) is 0 Å². The van der Waals surface area contributed by atoms with Gasteiger partial charge in [-0.3, -0.25) is 9.59 Å². The molecule has 3 aromatic rings. The van der Waals surface area contributed by atoms with Crippen LogP contribution in [0.2, 0.25) is 0 Å². The van der Waals surface area contributed by atoms with Crippen LogP contribution in [0.4, 0.5) is 11.4 Å². The number of aryl methyl sites for hydroxylation is 2. The third kappa shape index (κ3) is 9.47. The first-order valence-corrected chi connectivity index (χ1v) is 14.1. The normalized spacial score (nSPS) is 10.7. The second kappa shape index (κ2) is 15.6. The SMILES string of the molecule is CCCCCN(Cc1ccc(CCC)cc1)c1ccc(C(=O)Nc2ccccc2OCCCC(=O)O)c(C)c1. The van der Waals surface area contributed by atoms with Gasteiger partial charge in [0.05, 0.1) is 12.3 Å². The molecule has 6 nitrogen and oxygen atoms in total. The minimum atomic E-state index is -0.854. The summed E-state index contributed by atoms with van der Waals surface area (Å²) in [5, 5.41) is 11.8. The Morgan fingerprint density at radius 2 is 1.64 bits per heavy atom. The van der Waals surface area contributed by atoms with Crippen LogP contribution in [0.5, 0.6) is 5.75 Å². The summed E-state index contributed by atoms with van der Waals surface area (Å²) in [6.45, 7) is 8.44. The number of nitrogens with one attached hydrogen (secondary N) is 1. The highest BCUT2D eigenvalue weighted by molar-refractivity contribution is 6.06. The zero-order valence-corrected chi connectivity index (χ0v) is 23.5. The first kappa shape index (κ1) is 29.8. The first-order chi connectivity index (χ1) is 18.9. The van der Waals surface area contributed by atoms with Crippen LogP contribution in [0.15, 0.2) is 66.7 Å². The zero-order chi connectivity index (χ0) is 28.0. The van der Waals surface area contributed by atoms with Crippen molar-refractivity contribution in [3.05, 3.63) is 89.0 Å². The largest absolute Gasteiger partial charge is 0.491 e. The number of unbranched alkanes of at least 4 members (excludes halogenated alkanes) is 2. The Balaban J connectivity index is 1.72. The number of amides is 1. The number of rotatable bonds is 16. The molecule has 39 heavy (non-hydrogen) atoms. The molecule has 6 heteroatoms. The van der Waals surface area contributed by atoms with Crippen LogP contribution in [0, 0.1) is 6.92 Å². The van der Waals surface area contributed by atoms with E-state index in [-0.39, 0.29) is 18.9 Å². The van der Waals surface area contributed by atoms with E-state index in [2.05, 4.69) is 54.4 Å². The molecule has 0 atom stereocenters. The number of benzene rings is 3. The summed E-state index contributed by atoms with van der Waals surface area (Å²) in [6, 6.07) is 22.2. The fourth-order valence-corrected chi connectivity index (χ4v) is 4.56. The highest BCUT2D eigenvalue weighted by Gasteiger charge is 2.15. The van der Waals surface area contributed by atoms with Gasteiger partial charge < -0.3 is 20.1 Å². The summed E-state index contributed by atoms with van der Waals surface area (Å²) in [5.41, 5.74) is 5.84. The van der Waals surface area contributed by atoms with Crippen LogP contribution in [-0.4, -0.2) is 30.1 Å². The second-order valence-electron chi connectivity index (χ2n) is 9.99. The van der Waals surface area contributed by atoms with Crippen LogP contribution < -0.4 is 15.0 Å². The Morgan fingerprint density at radius 3 is 2.33 bits per heavy atom. The van der Waals surface area contributed by atoms with Crippen molar-refractivity contribution in [2.45, 2.75) is 72.3 Å². The van der Waals surface area contributed by atoms with Gasteiger partial charge in [-0.05, 0) is 73.2 Å². The molecule has 0 heterocycles. The lowest BCUT2D eigenvalue weighted by Crippen LogP contribution is -2.24. The molecule has 0 radical (unpaired) electrons. The van der Waals surface area contributed by atoms with Crippen molar-refractivity contribution in [2.75, 3.05) is 23.4 Å². The highest BCUT2D eigenvalue weighted by atomic mass is 16.5. The minimum Gasteiger partial charge on any atom is -0.491 e. The lowest BCUT2D eigenvalue weighted by atomic mass is 10.0. The predicted molar refractivity (Wildman–Crippen MR) is 159 cm³/mol. The topological polar surface area (TPSA) is 78.9 Å². The molecule has 0 fully saturated rings. The van der Waals surface area contributed by atoms with Gasteiger partial charge in [0.2, 0.25) is 0 Å². The maximum atomic E-state index is 13.2. The Hall–Kier alpha value is -3.80. The number of carbonyl (C=O) groups excluding carboxylic acids is 1. The molecule has 0 spiro atoms. The molecule has 0 aliphatic rings. The van der Waals surface area contributed by atoms with E-state index in [4.69, 9.17) is 9.84 Å². The molecule has 0 aliphatic carbocycles. The van der Waals surface area contributed by atoms with Gasteiger partial charge in [0, 0.05) is 30.8 Å². The average Bonchev–Trinajstić information content (AvgIpc) is 2.92. The quantitative estimate of drug-likeness (QED) is 0.186. The number of aliphatic carboxylic acids is 1. The summed E-state index contributed by atoms with van der Waals surface area (Å²) in [6.07, 6.45) is 6.16. The number of para-hydroxylation sites is 2. The Bertz CT molecular complexity index is 1210.